The van der Waals surface area contributed by atoms with Crippen LogP contribution in [0.4, 0.5) is 5.69 Å². The van der Waals surface area contributed by atoms with Gasteiger partial charge in [-0.2, -0.15) is 0 Å². The number of nitrogens with zero attached hydrogens (tertiary/aromatic N) is 1. The number of anilines is 1. The maximum absolute atomic E-state index is 12.3. The standard InChI is InChI=1S/C15H23N2O/c1-14(2)10-13(11-15(3,4)17(14)18)16-12-8-6-5-7-9-12/h5-9,13,16H,10-11H2,1-4H3. The first kappa shape index (κ1) is 13.4. The Morgan fingerprint density at radius 1 is 1.06 bits per heavy atom. The van der Waals surface area contributed by atoms with Gasteiger partial charge in [0.25, 0.3) is 0 Å². The SMILES string of the molecule is CC1(C)CC(Nc2ccccc2)CC(C)(C)N1[O]. The Bertz CT molecular complexity index is 382. The van der Waals surface area contributed by atoms with E-state index >= 15 is 0 Å². The summed E-state index contributed by atoms with van der Waals surface area (Å²) in [6.07, 6.45) is 1.74. The quantitative estimate of drug-likeness (QED) is 0.868. The van der Waals surface area contributed by atoms with Crippen molar-refractivity contribution in [3.8, 4) is 0 Å². The molecular formula is C15H23N2O. The summed E-state index contributed by atoms with van der Waals surface area (Å²) in [6.45, 7) is 8.11. The van der Waals surface area contributed by atoms with Gasteiger partial charge in [-0.25, -0.2) is 0 Å². The zero-order chi connectivity index (χ0) is 13.4. The first-order chi connectivity index (χ1) is 8.31. The van der Waals surface area contributed by atoms with Gasteiger partial charge in [-0.05, 0) is 52.7 Å². The Balaban J connectivity index is 2.12. The lowest BCUT2D eigenvalue weighted by molar-refractivity contribution is -0.288. The number of hydrogen-bond acceptors (Lipinski definition) is 2. The average molecular weight is 247 g/mol. The van der Waals surface area contributed by atoms with Crippen LogP contribution in [0.3, 0.4) is 0 Å². The van der Waals surface area contributed by atoms with E-state index in [0.717, 1.165) is 18.5 Å². The Labute approximate surface area is 110 Å². The van der Waals surface area contributed by atoms with Crippen molar-refractivity contribution in [3.63, 3.8) is 0 Å². The molecule has 1 aromatic carbocycles. The minimum Gasteiger partial charge on any atom is -0.382 e. The highest BCUT2D eigenvalue weighted by atomic mass is 16.5. The Morgan fingerprint density at radius 2 is 1.56 bits per heavy atom. The molecule has 0 unspecified atom stereocenters. The number of nitrogens with one attached hydrogen (secondary N) is 1. The molecule has 0 amide bonds. The van der Waals surface area contributed by atoms with E-state index in [-0.39, 0.29) is 11.1 Å². The van der Waals surface area contributed by atoms with E-state index in [2.05, 4.69) is 17.4 Å². The fourth-order valence-electron chi connectivity index (χ4n) is 3.14. The molecule has 1 heterocycles. The summed E-state index contributed by atoms with van der Waals surface area (Å²) in [5.74, 6) is 0. The summed E-state index contributed by atoms with van der Waals surface area (Å²) in [5.41, 5.74) is 0.510. The van der Waals surface area contributed by atoms with Crippen LogP contribution in [0.15, 0.2) is 30.3 Å². The second kappa shape index (κ2) is 4.56. The van der Waals surface area contributed by atoms with E-state index in [1.54, 1.807) is 0 Å². The lowest BCUT2D eigenvalue weighted by Gasteiger charge is -2.50. The summed E-state index contributed by atoms with van der Waals surface area (Å²) in [4.78, 5) is 0. The molecule has 1 N–H and O–H groups in total. The molecule has 1 aromatic rings. The van der Waals surface area contributed by atoms with Crippen LogP contribution in [0.5, 0.6) is 0 Å². The van der Waals surface area contributed by atoms with Gasteiger partial charge in [0.05, 0.1) is 0 Å². The molecule has 1 radical (unpaired) electrons. The smallest absolute Gasteiger partial charge is 0.0463 e. The van der Waals surface area contributed by atoms with Gasteiger partial charge in [0, 0.05) is 22.8 Å². The fraction of sp³-hybridized carbons (Fsp3) is 0.600. The van der Waals surface area contributed by atoms with Crippen molar-refractivity contribution in [1.29, 1.82) is 0 Å². The highest BCUT2D eigenvalue weighted by Gasteiger charge is 2.46. The number of hydroxylamine groups is 2. The zero-order valence-corrected chi connectivity index (χ0v) is 11.7. The molecular weight excluding hydrogens is 224 g/mol. The first-order valence-electron chi connectivity index (χ1n) is 6.60. The molecule has 1 aliphatic heterocycles. The molecule has 1 aliphatic rings. The van der Waals surface area contributed by atoms with E-state index in [0.29, 0.717) is 6.04 Å². The average Bonchev–Trinajstić information content (AvgIpc) is 2.26. The minimum atomic E-state index is -0.311. The summed E-state index contributed by atoms with van der Waals surface area (Å²) in [7, 11) is 0. The molecule has 3 nitrogen and oxygen atoms in total. The van der Waals surface area contributed by atoms with Crippen molar-refractivity contribution in [2.75, 3.05) is 5.32 Å². The molecule has 1 fully saturated rings. The Hall–Kier alpha value is -1.06. The lowest BCUT2D eigenvalue weighted by Crippen LogP contribution is -2.60. The maximum atomic E-state index is 12.3. The van der Waals surface area contributed by atoms with E-state index in [1.807, 2.05) is 45.9 Å². The van der Waals surface area contributed by atoms with Crippen LogP contribution in [-0.4, -0.2) is 22.2 Å². The molecule has 1 saturated heterocycles. The highest BCUT2D eigenvalue weighted by Crippen LogP contribution is 2.38. The third kappa shape index (κ3) is 2.68. The van der Waals surface area contributed by atoms with Gasteiger partial charge in [-0.1, -0.05) is 18.2 Å². The van der Waals surface area contributed by atoms with Crippen molar-refractivity contribution in [2.45, 2.75) is 57.7 Å². The number of hydrogen-bond donors (Lipinski definition) is 1. The molecule has 99 valence electrons. The van der Waals surface area contributed by atoms with Crippen LogP contribution >= 0.6 is 0 Å². The molecule has 2 rings (SSSR count). The predicted molar refractivity (Wildman–Crippen MR) is 73.8 cm³/mol. The van der Waals surface area contributed by atoms with Gasteiger partial charge in [-0.15, -0.1) is 10.3 Å². The van der Waals surface area contributed by atoms with Crippen LogP contribution in [0.1, 0.15) is 40.5 Å². The van der Waals surface area contributed by atoms with Crippen molar-refractivity contribution in [3.05, 3.63) is 30.3 Å². The third-order valence-electron chi connectivity index (χ3n) is 3.74. The Kier molecular flexibility index (Phi) is 3.39. The van der Waals surface area contributed by atoms with Crippen LogP contribution in [0, 0.1) is 0 Å². The van der Waals surface area contributed by atoms with Crippen molar-refractivity contribution < 1.29 is 5.21 Å². The zero-order valence-electron chi connectivity index (χ0n) is 11.7. The maximum Gasteiger partial charge on any atom is 0.0463 e. The number of rotatable bonds is 2. The summed E-state index contributed by atoms with van der Waals surface area (Å²) in [6, 6.07) is 10.6. The number of benzene rings is 1. The van der Waals surface area contributed by atoms with Crippen molar-refractivity contribution in [2.24, 2.45) is 0 Å². The second-order valence-electron chi connectivity index (χ2n) is 6.53. The molecule has 0 bridgehead atoms. The van der Waals surface area contributed by atoms with E-state index in [4.69, 9.17) is 0 Å². The van der Waals surface area contributed by atoms with Gasteiger partial charge in [-0.3, -0.25) is 0 Å². The monoisotopic (exact) mass is 247 g/mol. The minimum absolute atomic E-state index is 0.311. The summed E-state index contributed by atoms with van der Waals surface area (Å²) >= 11 is 0. The van der Waals surface area contributed by atoms with Gasteiger partial charge in [0.15, 0.2) is 0 Å². The van der Waals surface area contributed by atoms with Gasteiger partial charge in [0.1, 0.15) is 0 Å². The van der Waals surface area contributed by atoms with Gasteiger partial charge < -0.3 is 5.32 Å². The van der Waals surface area contributed by atoms with Gasteiger partial charge in [0.2, 0.25) is 0 Å². The summed E-state index contributed by atoms with van der Waals surface area (Å²) in [5, 5.41) is 17.1. The first-order valence-corrected chi connectivity index (χ1v) is 6.60. The fourth-order valence-corrected chi connectivity index (χ4v) is 3.14. The molecule has 0 aromatic heterocycles. The normalized spacial score (nSPS) is 23.8. The van der Waals surface area contributed by atoms with Crippen LogP contribution in [0.2, 0.25) is 0 Å². The highest BCUT2D eigenvalue weighted by molar-refractivity contribution is 5.43. The molecule has 0 saturated carbocycles. The van der Waals surface area contributed by atoms with Gasteiger partial charge >= 0.3 is 0 Å². The third-order valence-corrected chi connectivity index (χ3v) is 3.74. The van der Waals surface area contributed by atoms with Crippen LogP contribution in [0.25, 0.3) is 0 Å². The predicted octanol–water partition coefficient (Wildman–Crippen LogP) is 3.47. The lowest BCUT2D eigenvalue weighted by atomic mass is 9.79. The van der Waals surface area contributed by atoms with E-state index < -0.39 is 0 Å². The van der Waals surface area contributed by atoms with E-state index in [1.165, 1.54) is 5.06 Å². The second-order valence-corrected chi connectivity index (χ2v) is 6.53. The molecule has 0 spiro atoms. The molecule has 0 atom stereocenters. The number of piperidine rings is 1. The topological polar surface area (TPSA) is 35.2 Å². The van der Waals surface area contributed by atoms with Crippen LogP contribution < -0.4 is 5.32 Å². The molecule has 18 heavy (non-hydrogen) atoms. The van der Waals surface area contributed by atoms with Crippen molar-refractivity contribution >= 4 is 5.69 Å². The van der Waals surface area contributed by atoms with E-state index in [9.17, 15) is 5.21 Å². The largest absolute Gasteiger partial charge is 0.382 e. The number of para-hydroxylation sites is 1. The summed E-state index contributed by atoms with van der Waals surface area (Å²) < 4.78 is 0. The molecule has 3 heteroatoms. The Morgan fingerprint density at radius 3 is 2.06 bits per heavy atom. The molecule has 0 aliphatic carbocycles. The van der Waals surface area contributed by atoms with Crippen LogP contribution in [-0.2, 0) is 5.21 Å². The van der Waals surface area contributed by atoms with Crippen molar-refractivity contribution in [1.82, 2.24) is 5.06 Å².